The third-order valence-corrected chi connectivity index (χ3v) is 4.49. The van der Waals surface area contributed by atoms with E-state index in [0.717, 1.165) is 38.8 Å². The summed E-state index contributed by atoms with van der Waals surface area (Å²) in [5.41, 5.74) is 0. The number of aliphatic hydroxyl groups excluding tert-OH is 1. The number of amides is 2. The van der Waals surface area contributed by atoms with Gasteiger partial charge in [0, 0.05) is 19.1 Å². The number of likely N-dealkylation sites (tertiary alicyclic amines) is 1. The summed E-state index contributed by atoms with van der Waals surface area (Å²) in [6, 6.07) is 0.193. The molecule has 1 aliphatic carbocycles. The monoisotopic (exact) mass is 283 g/mol. The first-order chi connectivity index (χ1) is 9.67. The van der Waals surface area contributed by atoms with Gasteiger partial charge in [0.25, 0.3) is 0 Å². The van der Waals surface area contributed by atoms with Crippen molar-refractivity contribution in [1.82, 2.24) is 15.5 Å². The summed E-state index contributed by atoms with van der Waals surface area (Å²) in [5.74, 6) is 0.598. The number of hydrogen-bond acceptors (Lipinski definition) is 3. The van der Waals surface area contributed by atoms with Crippen LogP contribution < -0.4 is 10.6 Å². The van der Waals surface area contributed by atoms with Gasteiger partial charge in [-0.05, 0) is 57.5 Å². The summed E-state index contributed by atoms with van der Waals surface area (Å²) in [5, 5.41) is 15.5. The quantitative estimate of drug-likeness (QED) is 0.713. The Labute approximate surface area is 122 Å². The molecule has 0 radical (unpaired) electrons. The second-order valence-corrected chi connectivity index (χ2v) is 6.32. The molecule has 5 nitrogen and oxygen atoms in total. The van der Waals surface area contributed by atoms with Crippen molar-refractivity contribution in [3.63, 3.8) is 0 Å². The average molecular weight is 283 g/mol. The lowest BCUT2D eigenvalue weighted by Crippen LogP contribution is -2.45. The van der Waals surface area contributed by atoms with E-state index >= 15 is 0 Å². The minimum atomic E-state index is -0.167. The third kappa shape index (κ3) is 4.94. The molecule has 3 N–H and O–H groups in total. The van der Waals surface area contributed by atoms with E-state index in [2.05, 4.69) is 22.5 Å². The second-order valence-electron chi connectivity index (χ2n) is 6.32. The van der Waals surface area contributed by atoms with Gasteiger partial charge in [-0.3, -0.25) is 0 Å². The smallest absolute Gasteiger partial charge is 0.315 e. The molecule has 2 fully saturated rings. The van der Waals surface area contributed by atoms with Gasteiger partial charge in [-0.1, -0.05) is 6.92 Å². The number of nitrogens with zero attached hydrogens (tertiary/aromatic N) is 1. The predicted molar refractivity (Wildman–Crippen MR) is 79.6 cm³/mol. The normalized spacial score (nSPS) is 31.2. The number of rotatable bonds is 5. The zero-order valence-electron chi connectivity index (χ0n) is 12.6. The lowest BCUT2D eigenvalue weighted by atomic mass is 9.93. The first-order valence-corrected chi connectivity index (χ1v) is 8.12. The van der Waals surface area contributed by atoms with E-state index in [9.17, 15) is 9.90 Å². The van der Waals surface area contributed by atoms with Gasteiger partial charge in [0.2, 0.25) is 0 Å². The van der Waals surface area contributed by atoms with E-state index in [1.165, 1.54) is 25.9 Å². The SMILES string of the molecule is CCCN1CCC(CNC(=O)NC2CCC(O)CC2)C1. The molecule has 0 aromatic rings. The molecule has 20 heavy (non-hydrogen) atoms. The maximum atomic E-state index is 11.9. The topological polar surface area (TPSA) is 64.6 Å². The molecule has 1 atom stereocenters. The van der Waals surface area contributed by atoms with Crippen LogP contribution in [0.5, 0.6) is 0 Å². The van der Waals surface area contributed by atoms with Gasteiger partial charge in [0.05, 0.1) is 6.10 Å². The Morgan fingerprint density at radius 2 is 2.00 bits per heavy atom. The zero-order valence-corrected chi connectivity index (χ0v) is 12.6. The molecule has 5 heteroatoms. The van der Waals surface area contributed by atoms with Gasteiger partial charge < -0.3 is 20.6 Å². The van der Waals surface area contributed by atoms with Crippen LogP contribution in [0.1, 0.15) is 45.4 Å². The molecule has 2 rings (SSSR count). The summed E-state index contributed by atoms with van der Waals surface area (Å²) in [6.07, 6.45) is 5.62. The predicted octanol–water partition coefficient (Wildman–Crippen LogP) is 1.32. The van der Waals surface area contributed by atoms with Crippen LogP contribution in [-0.4, -0.2) is 54.4 Å². The summed E-state index contributed by atoms with van der Waals surface area (Å²) < 4.78 is 0. The fraction of sp³-hybridized carbons (Fsp3) is 0.933. The summed E-state index contributed by atoms with van der Waals surface area (Å²) >= 11 is 0. The Kier molecular flexibility index (Phi) is 6.10. The van der Waals surface area contributed by atoms with Crippen LogP contribution in [0.4, 0.5) is 4.79 Å². The lowest BCUT2D eigenvalue weighted by Gasteiger charge is -2.26. The van der Waals surface area contributed by atoms with Crippen LogP contribution in [0.25, 0.3) is 0 Å². The summed E-state index contributed by atoms with van der Waals surface area (Å²) in [4.78, 5) is 14.3. The van der Waals surface area contributed by atoms with Crippen molar-refractivity contribution in [2.45, 2.75) is 57.6 Å². The van der Waals surface area contributed by atoms with Gasteiger partial charge >= 0.3 is 6.03 Å². The Morgan fingerprint density at radius 3 is 2.70 bits per heavy atom. The summed E-state index contributed by atoms with van der Waals surface area (Å²) in [6.45, 7) is 6.45. The number of hydrogen-bond donors (Lipinski definition) is 3. The molecule has 1 unspecified atom stereocenters. The van der Waals surface area contributed by atoms with Gasteiger partial charge in [0.15, 0.2) is 0 Å². The highest BCUT2D eigenvalue weighted by molar-refractivity contribution is 5.74. The van der Waals surface area contributed by atoms with E-state index in [4.69, 9.17) is 0 Å². The van der Waals surface area contributed by atoms with Crippen molar-refractivity contribution >= 4 is 6.03 Å². The molecule has 1 saturated carbocycles. The Hall–Kier alpha value is -0.810. The van der Waals surface area contributed by atoms with Crippen molar-refractivity contribution in [3.8, 4) is 0 Å². The van der Waals surface area contributed by atoms with Crippen molar-refractivity contribution < 1.29 is 9.90 Å². The second kappa shape index (κ2) is 7.84. The minimum absolute atomic E-state index is 0.0414. The number of urea groups is 1. The van der Waals surface area contributed by atoms with E-state index in [-0.39, 0.29) is 18.2 Å². The zero-order chi connectivity index (χ0) is 14.4. The number of carbonyl (C=O) groups excluding carboxylic acids is 1. The van der Waals surface area contributed by atoms with Crippen molar-refractivity contribution in [1.29, 1.82) is 0 Å². The van der Waals surface area contributed by atoms with Crippen molar-refractivity contribution in [2.24, 2.45) is 5.92 Å². The molecular formula is C15H29N3O2. The van der Waals surface area contributed by atoms with E-state index in [1.54, 1.807) is 0 Å². The van der Waals surface area contributed by atoms with Crippen LogP contribution in [0.3, 0.4) is 0 Å². The average Bonchev–Trinajstić information content (AvgIpc) is 2.87. The molecule has 2 aliphatic rings. The number of aliphatic hydroxyl groups is 1. The minimum Gasteiger partial charge on any atom is -0.393 e. The molecular weight excluding hydrogens is 254 g/mol. The molecule has 0 aromatic carbocycles. The lowest BCUT2D eigenvalue weighted by molar-refractivity contribution is 0.117. The van der Waals surface area contributed by atoms with Crippen LogP contribution >= 0.6 is 0 Å². The van der Waals surface area contributed by atoms with Crippen LogP contribution in [0.15, 0.2) is 0 Å². The van der Waals surface area contributed by atoms with Gasteiger partial charge in [-0.25, -0.2) is 4.79 Å². The molecule has 116 valence electrons. The maximum absolute atomic E-state index is 11.9. The largest absolute Gasteiger partial charge is 0.393 e. The first-order valence-electron chi connectivity index (χ1n) is 8.12. The van der Waals surface area contributed by atoms with E-state index in [0.29, 0.717) is 5.92 Å². The van der Waals surface area contributed by atoms with Gasteiger partial charge in [-0.15, -0.1) is 0 Å². The van der Waals surface area contributed by atoms with Crippen LogP contribution in [0.2, 0.25) is 0 Å². The first kappa shape index (κ1) is 15.6. The Morgan fingerprint density at radius 1 is 1.25 bits per heavy atom. The molecule has 0 spiro atoms. The molecule has 2 amide bonds. The third-order valence-electron chi connectivity index (χ3n) is 4.49. The molecule has 0 bridgehead atoms. The standard InChI is InChI=1S/C15H29N3O2/c1-2-8-18-9-7-12(11-18)10-16-15(20)17-13-3-5-14(19)6-4-13/h12-14,19H,2-11H2,1H3,(H2,16,17,20). The molecule has 1 aliphatic heterocycles. The van der Waals surface area contributed by atoms with Crippen LogP contribution in [-0.2, 0) is 0 Å². The fourth-order valence-electron chi connectivity index (χ4n) is 3.29. The summed E-state index contributed by atoms with van der Waals surface area (Å²) in [7, 11) is 0. The van der Waals surface area contributed by atoms with E-state index in [1.807, 2.05) is 0 Å². The van der Waals surface area contributed by atoms with Gasteiger partial charge in [0.1, 0.15) is 0 Å². The number of nitrogens with one attached hydrogen (secondary N) is 2. The molecule has 0 aromatic heterocycles. The molecule has 1 heterocycles. The number of carbonyl (C=O) groups is 1. The Bertz CT molecular complexity index is 303. The maximum Gasteiger partial charge on any atom is 0.315 e. The highest BCUT2D eigenvalue weighted by Crippen LogP contribution is 2.18. The highest BCUT2D eigenvalue weighted by Gasteiger charge is 2.23. The Balaban J connectivity index is 1.58. The van der Waals surface area contributed by atoms with Gasteiger partial charge in [-0.2, -0.15) is 0 Å². The van der Waals surface area contributed by atoms with Crippen LogP contribution in [0, 0.1) is 5.92 Å². The van der Waals surface area contributed by atoms with Crippen molar-refractivity contribution in [3.05, 3.63) is 0 Å². The fourth-order valence-corrected chi connectivity index (χ4v) is 3.29. The highest BCUT2D eigenvalue weighted by atomic mass is 16.3. The van der Waals surface area contributed by atoms with Crippen molar-refractivity contribution in [2.75, 3.05) is 26.2 Å². The molecule has 1 saturated heterocycles. The van der Waals surface area contributed by atoms with E-state index < -0.39 is 0 Å².